The number of ether oxygens (including phenoxy) is 1. The normalized spacial score (nSPS) is 17.7. The molecule has 2 unspecified atom stereocenters. The third-order valence-corrected chi connectivity index (χ3v) is 7.72. The van der Waals surface area contributed by atoms with Gasteiger partial charge in [-0.05, 0) is 53.8 Å². The summed E-state index contributed by atoms with van der Waals surface area (Å²) in [5.41, 5.74) is 4.88. The van der Waals surface area contributed by atoms with Crippen molar-refractivity contribution in [2.24, 2.45) is 0 Å². The van der Waals surface area contributed by atoms with Crippen LogP contribution in [0.3, 0.4) is 0 Å². The van der Waals surface area contributed by atoms with Gasteiger partial charge in [0, 0.05) is 48.2 Å². The lowest BCUT2D eigenvalue weighted by molar-refractivity contribution is 0.00886. The summed E-state index contributed by atoms with van der Waals surface area (Å²) in [6, 6.07) is 27.2. The van der Waals surface area contributed by atoms with E-state index < -0.39 is 0 Å². The van der Waals surface area contributed by atoms with Crippen molar-refractivity contribution >= 4 is 27.6 Å². The first-order chi connectivity index (χ1) is 19.7. The molecule has 0 bridgehead atoms. The monoisotopic (exact) mass is 532 g/mol. The van der Waals surface area contributed by atoms with E-state index in [9.17, 15) is 4.39 Å². The van der Waals surface area contributed by atoms with Gasteiger partial charge in [-0.15, -0.1) is 0 Å². The second-order valence-corrected chi connectivity index (χ2v) is 10.3. The Labute approximate surface area is 231 Å². The molecule has 40 heavy (non-hydrogen) atoms. The van der Waals surface area contributed by atoms with E-state index in [4.69, 9.17) is 14.1 Å². The van der Waals surface area contributed by atoms with Crippen LogP contribution in [0, 0.1) is 5.82 Å². The first-order valence-electron chi connectivity index (χ1n) is 13.7. The van der Waals surface area contributed by atoms with E-state index in [1.54, 1.807) is 24.6 Å². The fourth-order valence-electron chi connectivity index (χ4n) is 5.68. The number of nitrogens with one attached hydrogen (secondary N) is 1. The fraction of sp³-hybridized carbons (Fsp3) is 0.212. The molecule has 2 atom stereocenters. The van der Waals surface area contributed by atoms with Crippen molar-refractivity contribution in [3.8, 4) is 11.3 Å². The van der Waals surface area contributed by atoms with E-state index in [-0.39, 0.29) is 18.0 Å². The van der Waals surface area contributed by atoms with E-state index in [1.807, 2.05) is 48.5 Å². The van der Waals surface area contributed by atoms with Crippen LogP contribution in [0.2, 0.25) is 0 Å². The van der Waals surface area contributed by atoms with Crippen LogP contribution in [0.4, 0.5) is 10.2 Å². The van der Waals surface area contributed by atoms with Gasteiger partial charge in [0.15, 0.2) is 0 Å². The zero-order chi connectivity index (χ0) is 26.9. The summed E-state index contributed by atoms with van der Waals surface area (Å²) < 4.78 is 26.5. The molecule has 1 N–H and O–H groups in total. The lowest BCUT2D eigenvalue weighted by Crippen LogP contribution is -2.53. The quantitative estimate of drug-likeness (QED) is 0.251. The maximum Gasteiger partial charge on any atom is 0.136 e. The van der Waals surface area contributed by atoms with Gasteiger partial charge in [0.05, 0.1) is 24.1 Å². The zero-order valence-electron chi connectivity index (χ0n) is 22.0. The predicted molar refractivity (Wildman–Crippen MR) is 155 cm³/mol. The molecule has 7 rings (SSSR count). The first-order valence-corrected chi connectivity index (χ1v) is 13.7. The Bertz CT molecular complexity index is 1740. The van der Waals surface area contributed by atoms with Gasteiger partial charge in [-0.25, -0.2) is 9.37 Å². The van der Waals surface area contributed by atoms with Gasteiger partial charge in [-0.1, -0.05) is 48.5 Å². The highest BCUT2D eigenvalue weighted by atomic mass is 19.1. The third-order valence-electron chi connectivity index (χ3n) is 7.72. The molecule has 200 valence electrons. The Balaban J connectivity index is 1.12. The van der Waals surface area contributed by atoms with E-state index in [0.717, 1.165) is 63.0 Å². The van der Waals surface area contributed by atoms with Crippen LogP contribution in [0.25, 0.3) is 33.0 Å². The number of hydrogen-bond donors (Lipinski definition) is 1. The Morgan fingerprint density at radius 2 is 1.85 bits per heavy atom. The van der Waals surface area contributed by atoms with Crippen molar-refractivity contribution in [1.82, 2.24) is 15.3 Å². The van der Waals surface area contributed by atoms with Gasteiger partial charge in [-0.2, -0.15) is 0 Å². The SMILES string of the molecule is Fc1ccc2ccnc(N3CCC(NCc4cc5coc6ccccc6c-5n4)C(OCc4ccccc4)C3)c2c1. The second kappa shape index (κ2) is 10.7. The molecule has 1 aromatic heterocycles. The van der Waals surface area contributed by atoms with E-state index >= 15 is 0 Å². The highest BCUT2D eigenvalue weighted by Gasteiger charge is 2.31. The average molecular weight is 533 g/mol. The Morgan fingerprint density at radius 1 is 0.975 bits per heavy atom. The third kappa shape index (κ3) is 4.90. The number of rotatable bonds is 7. The highest BCUT2D eigenvalue weighted by Crippen LogP contribution is 2.32. The molecule has 0 saturated carbocycles. The van der Waals surface area contributed by atoms with Crippen molar-refractivity contribution in [3.63, 3.8) is 0 Å². The molecule has 0 spiro atoms. The summed E-state index contributed by atoms with van der Waals surface area (Å²) in [6.07, 6.45) is 4.32. The molecule has 7 heteroatoms. The highest BCUT2D eigenvalue weighted by molar-refractivity contribution is 5.93. The summed E-state index contributed by atoms with van der Waals surface area (Å²) in [6.45, 7) is 2.57. The van der Waals surface area contributed by atoms with Gasteiger partial charge >= 0.3 is 0 Å². The molecule has 3 aromatic carbocycles. The maximum atomic E-state index is 14.2. The van der Waals surface area contributed by atoms with Crippen molar-refractivity contribution in [1.29, 1.82) is 0 Å². The number of anilines is 1. The lowest BCUT2D eigenvalue weighted by Gasteiger charge is -2.39. The van der Waals surface area contributed by atoms with E-state index in [2.05, 4.69) is 33.4 Å². The van der Waals surface area contributed by atoms with E-state index in [1.165, 1.54) is 6.07 Å². The number of aromatic nitrogens is 2. The number of fused-ring (bicyclic) bond motifs is 4. The smallest absolute Gasteiger partial charge is 0.136 e. The summed E-state index contributed by atoms with van der Waals surface area (Å²) in [5, 5.41) is 6.54. The number of pyridine rings is 1. The van der Waals surface area contributed by atoms with Crippen LogP contribution < -0.4 is 10.2 Å². The number of nitrogens with zero attached hydrogens (tertiary/aromatic N) is 3. The number of benzene rings is 3. The van der Waals surface area contributed by atoms with Crippen LogP contribution in [-0.2, 0) is 17.9 Å². The Hall–Kier alpha value is -4.33. The van der Waals surface area contributed by atoms with Crippen LogP contribution in [0.5, 0.6) is 0 Å². The number of hydrogen-bond acceptors (Lipinski definition) is 6. The summed E-state index contributed by atoms with van der Waals surface area (Å²) >= 11 is 0. The molecule has 3 aliphatic heterocycles. The molecule has 4 heterocycles. The standard InChI is InChI=1S/C33H29FN4O2/c34-25-11-10-23-12-14-35-33(28(23)17-25)38-15-13-29(31(19-38)39-20-22-6-2-1-3-7-22)36-18-26-16-24-21-40-30-9-5-4-8-27(30)32(24)37-26/h1-12,14,16-17,21,29,31,36H,13,15,18-20H2. The molecule has 0 aliphatic carbocycles. The summed E-state index contributed by atoms with van der Waals surface area (Å²) in [5.74, 6) is 0.536. The molecular formula is C33H29FN4O2. The molecule has 0 radical (unpaired) electrons. The number of piperidine rings is 1. The fourth-order valence-corrected chi connectivity index (χ4v) is 5.68. The van der Waals surface area contributed by atoms with Crippen LogP contribution in [-0.4, -0.2) is 35.2 Å². The van der Waals surface area contributed by atoms with Gasteiger partial charge in [0.1, 0.15) is 23.5 Å². The molecule has 0 amide bonds. The van der Waals surface area contributed by atoms with Crippen LogP contribution >= 0.6 is 0 Å². The second-order valence-electron chi connectivity index (χ2n) is 10.3. The Morgan fingerprint density at radius 3 is 2.77 bits per heavy atom. The number of para-hydroxylation sites is 1. The molecule has 4 aromatic rings. The molecule has 6 nitrogen and oxygen atoms in total. The Kier molecular flexibility index (Phi) is 6.59. The minimum Gasteiger partial charge on any atom is -0.464 e. The minimum atomic E-state index is -0.259. The van der Waals surface area contributed by atoms with Crippen molar-refractivity contribution in [2.45, 2.75) is 31.7 Å². The average Bonchev–Trinajstić information content (AvgIpc) is 3.43. The molecule has 1 fully saturated rings. The minimum absolute atomic E-state index is 0.0974. The van der Waals surface area contributed by atoms with Crippen LogP contribution in [0.1, 0.15) is 17.7 Å². The van der Waals surface area contributed by atoms with Crippen molar-refractivity contribution < 1.29 is 13.5 Å². The van der Waals surface area contributed by atoms with Crippen molar-refractivity contribution in [2.75, 3.05) is 18.0 Å². The first kappa shape index (κ1) is 24.7. The predicted octanol–water partition coefficient (Wildman–Crippen LogP) is 6.57. The summed E-state index contributed by atoms with van der Waals surface area (Å²) in [4.78, 5) is 11.8. The number of halogens is 1. The summed E-state index contributed by atoms with van der Waals surface area (Å²) in [7, 11) is 0. The largest absolute Gasteiger partial charge is 0.464 e. The zero-order valence-corrected chi connectivity index (χ0v) is 22.0. The van der Waals surface area contributed by atoms with Gasteiger partial charge in [-0.3, -0.25) is 4.98 Å². The van der Waals surface area contributed by atoms with Crippen molar-refractivity contribution in [3.05, 3.63) is 114 Å². The molecule has 3 aliphatic rings. The molecular weight excluding hydrogens is 503 g/mol. The van der Waals surface area contributed by atoms with Gasteiger partial charge in [0.25, 0.3) is 0 Å². The molecule has 1 saturated heterocycles. The van der Waals surface area contributed by atoms with Crippen LogP contribution in [0.15, 0.2) is 102 Å². The van der Waals surface area contributed by atoms with E-state index in [0.29, 0.717) is 19.7 Å². The van der Waals surface area contributed by atoms with Gasteiger partial charge < -0.3 is 19.4 Å². The lowest BCUT2D eigenvalue weighted by atomic mass is 10.0. The van der Waals surface area contributed by atoms with Gasteiger partial charge in [0.2, 0.25) is 0 Å². The topological polar surface area (TPSA) is 63.4 Å². The maximum absolute atomic E-state index is 14.2.